The van der Waals surface area contributed by atoms with Gasteiger partial charge in [0.15, 0.2) is 5.82 Å². The highest BCUT2D eigenvalue weighted by molar-refractivity contribution is 5.48. The van der Waals surface area contributed by atoms with Crippen molar-refractivity contribution >= 4 is 11.9 Å². The van der Waals surface area contributed by atoms with Crippen LogP contribution in [0.5, 0.6) is 0 Å². The van der Waals surface area contributed by atoms with Crippen molar-refractivity contribution in [3.05, 3.63) is 64.7 Å². The summed E-state index contributed by atoms with van der Waals surface area (Å²) in [6.45, 7) is 4.52. The van der Waals surface area contributed by atoms with Gasteiger partial charge in [-0.2, -0.15) is 0 Å². The number of anilines is 1. The van der Waals surface area contributed by atoms with E-state index in [-0.39, 0.29) is 5.56 Å². The second-order valence-electron chi connectivity index (χ2n) is 7.61. The first-order chi connectivity index (χ1) is 13.6. The Kier molecular flexibility index (Phi) is 7.39. The summed E-state index contributed by atoms with van der Waals surface area (Å²) in [7, 11) is 4.02. The van der Waals surface area contributed by atoms with Gasteiger partial charge >= 0.3 is 0 Å². The Morgan fingerprint density at radius 2 is 1.96 bits per heavy atom. The van der Waals surface area contributed by atoms with Crippen molar-refractivity contribution < 1.29 is 0 Å². The lowest BCUT2D eigenvalue weighted by Crippen LogP contribution is -2.40. The Morgan fingerprint density at radius 3 is 2.68 bits per heavy atom. The third-order valence-corrected chi connectivity index (χ3v) is 5.10. The Balaban J connectivity index is 1.47. The normalized spacial score (nSPS) is 16.1. The van der Waals surface area contributed by atoms with E-state index in [1.54, 1.807) is 17.0 Å². The minimum atomic E-state index is -0.0300. The minimum absolute atomic E-state index is 0.0300. The third-order valence-electron chi connectivity index (χ3n) is 5.10. The third kappa shape index (κ3) is 6.04. The molecule has 0 amide bonds. The number of hydrogen-bond acceptors (Lipinski definition) is 5. The van der Waals surface area contributed by atoms with Crippen molar-refractivity contribution in [3.63, 3.8) is 0 Å². The van der Waals surface area contributed by atoms with E-state index in [4.69, 9.17) is 0 Å². The average Bonchev–Trinajstić information content (AvgIpc) is 2.71. The zero-order chi connectivity index (χ0) is 19.8. The van der Waals surface area contributed by atoms with Gasteiger partial charge in [0.1, 0.15) is 0 Å². The van der Waals surface area contributed by atoms with Gasteiger partial charge in [-0.05, 0) is 32.5 Å². The van der Waals surface area contributed by atoms with Crippen molar-refractivity contribution in [3.8, 4) is 0 Å². The molecule has 150 valence electrons. The SMILES string of the molecule is CN(C)CCn1ccnc(NC2CCN(C/C=C/c3ccccc3)CC2)c1=O. The molecule has 1 N–H and O–H groups in total. The maximum Gasteiger partial charge on any atom is 0.293 e. The summed E-state index contributed by atoms with van der Waals surface area (Å²) in [5, 5.41) is 3.38. The maximum absolute atomic E-state index is 12.6. The maximum atomic E-state index is 12.6. The highest BCUT2D eigenvalue weighted by atomic mass is 16.1. The number of likely N-dealkylation sites (tertiary alicyclic amines) is 1. The van der Waals surface area contributed by atoms with Crippen LogP contribution in [0.4, 0.5) is 5.82 Å². The molecule has 1 aromatic heterocycles. The largest absolute Gasteiger partial charge is 0.363 e. The van der Waals surface area contributed by atoms with Crippen LogP contribution in [-0.4, -0.2) is 65.7 Å². The molecule has 1 saturated heterocycles. The Labute approximate surface area is 167 Å². The van der Waals surface area contributed by atoms with Gasteiger partial charge < -0.3 is 14.8 Å². The predicted molar refractivity (Wildman–Crippen MR) is 116 cm³/mol. The van der Waals surface area contributed by atoms with Gasteiger partial charge in [0.2, 0.25) is 0 Å². The number of hydrogen-bond donors (Lipinski definition) is 1. The van der Waals surface area contributed by atoms with Gasteiger partial charge in [-0.25, -0.2) is 4.98 Å². The van der Waals surface area contributed by atoms with Crippen LogP contribution in [0.1, 0.15) is 18.4 Å². The number of nitrogens with zero attached hydrogens (tertiary/aromatic N) is 4. The quantitative estimate of drug-likeness (QED) is 0.761. The van der Waals surface area contributed by atoms with Crippen LogP contribution in [-0.2, 0) is 6.54 Å². The number of piperidine rings is 1. The summed E-state index contributed by atoms with van der Waals surface area (Å²) >= 11 is 0. The molecule has 6 nitrogen and oxygen atoms in total. The van der Waals surface area contributed by atoms with Crippen LogP contribution < -0.4 is 10.9 Å². The zero-order valence-corrected chi connectivity index (χ0v) is 16.9. The number of nitrogens with one attached hydrogen (secondary N) is 1. The summed E-state index contributed by atoms with van der Waals surface area (Å²) in [6.07, 6.45) is 9.92. The van der Waals surface area contributed by atoms with E-state index in [0.717, 1.165) is 39.0 Å². The van der Waals surface area contributed by atoms with Crippen molar-refractivity contribution in [1.29, 1.82) is 0 Å². The molecule has 0 radical (unpaired) electrons. The van der Waals surface area contributed by atoms with Crippen LogP contribution in [0.3, 0.4) is 0 Å². The Morgan fingerprint density at radius 1 is 1.21 bits per heavy atom. The van der Waals surface area contributed by atoms with E-state index in [9.17, 15) is 4.79 Å². The van der Waals surface area contributed by atoms with Gasteiger partial charge in [0.05, 0.1) is 0 Å². The molecule has 6 heteroatoms. The molecule has 28 heavy (non-hydrogen) atoms. The lowest BCUT2D eigenvalue weighted by molar-refractivity contribution is 0.240. The van der Waals surface area contributed by atoms with Gasteiger partial charge in [0.25, 0.3) is 5.56 Å². The first kappa shape index (κ1) is 20.3. The molecule has 2 aromatic rings. The molecule has 0 saturated carbocycles. The van der Waals surface area contributed by atoms with Crippen LogP contribution in [0, 0.1) is 0 Å². The lowest BCUT2D eigenvalue weighted by atomic mass is 10.1. The van der Waals surface area contributed by atoms with Crippen LogP contribution >= 0.6 is 0 Å². The molecule has 0 atom stereocenters. The fraction of sp³-hybridized carbons (Fsp3) is 0.455. The van der Waals surface area contributed by atoms with Gasteiger partial charge in [0, 0.05) is 51.2 Å². The molecule has 0 bridgehead atoms. The first-order valence-corrected chi connectivity index (χ1v) is 10.0. The Bertz CT molecular complexity index is 807. The van der Waals surface area contributed by atoms with E-state index in [1.165, 1.54) is 5.56 Å². The summed E-state index contributed by atoms with van der Waals surface area (Å²) in [5.74, 6) is 0.476. The molecule has 2 heterocycles. The molecule has 1 aliphatic heterocycles. The number of likely N-dealkylation sites (N-methyl/N-ethyl adjacent to an activating group) is 1. The second kappa shape index (κ2) is 10.2. The Hall–Kier alpha value is -2.44. The molecule has 0 unspecified atom stereocenters. The summed E-state index contributed by atoms with van der Waals surface area (Å²) in [4.78, 5) is 21.4. The highest BCUT2D eigenvalue weighted by Crippen LogP contribution is 2.14. The number of rotatable bonds is 8. The van der Waals surface area contributed by atoms with Gasteiger partial charge in [-0.1, -0.05) is 42.5 Å². The van der Waals surface area contributed by atoms with Crippen molar-refractivity contribution in [2.45, 2.75) is 25.4 Å². The molecule has 1 aliphatic rings. The average molecular weight is 382 g/mol. The predicted octanol–water partition coefficient (Wildman–Crippen LogP) is 2.39. The van der Waals surface area contributed by atoms with Crippen LogP contribution in [0.15, 0.2) is 53.6 Å². The number of benzene rings is 1. The smallest absolute Gasteiger partial charge is 0.293 e. The monoisotopic (exact) mass is 381 g/mol. The summed E-state index contributed by atoms with van der Waals surface area (Å²) in [6, 6.07) is 10.7. The van der Waals surface area contributed by atoms with Crippen molar-refractivity contribution in [2.75, 3.05) is 45.6 Å². The van der Waals surface area contributed by atoms with E-state index in [1.807, 2.05) is 20.2 Å². The van der Waals surface area contributed by atoms with E-state index in [2.05, 4.69) is 56.5 Å². The lowest BCUT2D eigenvalue weighted by Gasteiger charge is -2.31. The fourth-order valence-electron chi connectivity index (χ4n) is 3.39. The van der Waals surface area contributed by atoms with Gasteiger partial charge in [-0.3, -0.25) is 9.69 Å². The summed E-state index contributed by atoms with van der Waals surface area (Å²) in [5.41, 5.74) is 1.21. The molecule has 1 fully saturated rings. The fourth-order valence-corrected chi connectivity index (χ4v) is 3.39. The minimum Gasteiger partial charge on any atom is -0.363 e. The molecular formula is C22H31N5O. The van der Waals surface area contributed by atoms with Crippen molar-refractivity contribution in [1.82, 2.24) is 19.4 Å². The first-order valence-electron chi connectivity index (χ1n) is 10.0. The highest BCUT2D eigenvalue weighted by Gasteiger charge is 2.19. The zero-order valence-electron chi connectivity index (χ0n) is 16.9. The molecule has 1 aromatic carbocycles. The second-order valence-corrected chi connectivity index (χ2v) is 7.61. The van der Waals surface area contributed by atoms with Crippen molar-refractivity contribution in [2.24, 2.45) is 0 Å². The standard InChI is InChI=1S/C22H31N5O/c1-25(2)17-18-27-16-12-23-21(22(27)28)24-20-10-14-26(15-11-20)13-6-9-19-7-4-3-5-8-19/h3-9,12,16,20H,10-11,13-15,17-18H2,1-2H3,(H,23,24)/b9-6+. The molecule has 0 spiro atoms. The van der Waals surface area contributed by atoms with Gasteiger partial charge in [-0.15, -0.1) is 0 Å². The van der Waals surface area contributed by atoms with E-state index in [0.29, 0.717) is 18.4 Å². The van der Waals surface area contributed by atoms with E-state index < -0.39 is 0 Å². The van der Waals surface area contributed by atoms with Crippen LogP contribution in [0.2, 0.25) is 0 Å². The van der Waals surface area contributed by atoms with E-state index >= 15 is 0 Å². The van der Waals surface area contributed by atoms with Crippen LogP contribution in [0.25, 0.3) is 6.08 Å². The molecule has 3 rings (SSSR count). The topological polar surface area (TPSA) is 53.4 Å². The molecule has 0 aliphatic carbocycles. The molecular weight excluding hydrogens is 350 g/mol. The number of aromatic nitrogens is 2. The summed E-state index contributed by atoms with van der Waals surface area (Å²) < 4.78 is 1.73.